The number of methoxy groups -OCH3 is 1. The van der Waals surface area contributed by atoms with Crippen molar-refractivity contribution in [1.82, 2.24) is 14.5 Å². The van der Waals surface area contributed by atoms with Crippen LogP contribution in [0.4, 0.5) is 5.13 Å². The Balaban J connectivity index is 2.82. The molecule has 2 N–H and O–H groups in total. The maximum absolute atomic E-state index is 12.1. The molecule has 0 spiro atoms. The first-order chi connectivity index (χ1) is 9.27. The highest BCUT2D eigenvalue weighted by Crippen LogP contribution is 2.22. The number of hydrogen-bond acceptors (Lipinski definition) is 8. The Hall–Kier alpha value is -1.14. The Morgan fingerprint density at radius 3 is 2.75 bits per heavy atom. The monoisotopic (exact) mass is 324 g/mol. The van der Waals surface area contributed by atoms with E-state index >= 15 is 0 Å². The number of anilines is 1. The van der Waals surface area contributed by atoms with Crippen LogP contribution in [0.5, 0.6) is 0 Å². The molecule has 0 aliphatic carbocycles. The minimum atomic E-state index is -3.86. The smallest absolute Gasteiger partial charge is 0.272 e. The summed E-state index contributed by atoms with van der Waals surface area (Å²) in [5.74, 6) is -0.367. The summed E-state index contributed by atoms with van der Waals surface area (Å²) in [6.45, 7) is 1.17. The third-order valence-electron chi connectivity index (χ3n) is 2.15. The number of aliphatic hydroxyl groups is 1. The van der Waals surface area contributed by atoms with Crippen molar-refractivity contribution in [3.63, 3.8) is 0 Å². The third kappa shape index (κ3) is 4.45. The molecule has 1 amide bonds. The van der Waals surface area contributed by atoms with E-state index < -0.39 is 16.1 Å². The molecule has 0 aliphatic heterocycles. The highest BCUT2D eigenvalue weighted by atomic mass is 32.2. The fourth-order valence-corrected chi connectivity index (χ4v) is 3.63. The lowest BCUT2D eigenvalue weighted by Crippen LogP contribution is -2.36. The van der Waals surface area contributed by atoms with Gasteiger partial charge in [-0.15, -0.1) is 10.2 Å². The fourth-order valence-electron chi connectivity index (χ4n) is 1.29. The zero-order valence-electron chi connectivity index (χ0n) is 11.2. The molecule has 9 nitrogen and oxygen atoms in total. The van der Waals surface area contributed by atoms with Gasteiger partial charge in [0, 0.05) is 27.6 Å². The van der Waals surface area contributed by atoms with Crippen LogP contribution in [0.2, 0.25) is 0 Å². The van der Waals surface area contributed by atoms with Gasteiger partial charge in [-0.2, -0.15) is 4.31 Å². The van der Waals surface area contributed by atoms with E-state index in [1.165, 1.54) is 21.1 Å². The van der Waals surface area contributed by atoms with Crippen molar-refractivity contribution in [1.29, 1.82) is 0 Å². The van der Waals surface area contributed by atoms with Crippen LogP contribution < -0.4 is 5.32 Å². The van der Waals surface area contributed by atoms with Gasteiger partial charge in [-0.3, -0.25) is 4.79 Å². The predicted octanol–water partition coefficient (Wildman–Crippen LogP) is -0.876. The largest absolute Gasteiger partial charge is 0.389 e. The van der Waals surface area contributed by atoms with E-state index in [0.29, 0.717) is 0 Å². The number of nitrogens with zero attached hydrogens (tertiary/aromatic N) is 3. The zero-order chi connectivity index (χ0) is 15.3. The summed E-state index contributed by atoms with van der Waals surface area (Å²) in [4.78, 5) is 10.8. The lowest BCUT2D eigenvalue weighted by atomic mass is 10.4. The number of sulfonamides is 1. The molecule has 114 valence electrons. The average molecular weight is 324 g/mol. The maximum Gasteiger partial charge on any atom is 0.272 e. The Morgan fingerprint density at radius 2 is 2.20 bits per heavy atom. The highest BCUT2D eigenvalue weighted by molar-refractivity contribution is 7.91. The molecule has 0 bridgehead atoms. The van der Waals surface area contributed by atoms with Crippen molar-refractivity contribution in [2.75, 3.05) is 32.6 Å². The lowest BCUT2D eigenvalue weighted by molar-refractivity contribution is -0.114. The van der Waals surface area contributed by atoms with E-state index in [9.17, 15) is 18.3 Å². The second-order valence-electron chi connectivity index (χ2n) is 3.95. The van der Waals surface area contributed by atoms with E-state index in [4.69, 9.17) is 4.74 Å². The van der Waals surface area contributed by atoms with Gasteiger partial charge in [0.05, 0.1) is 12.7 Å². The molecular weight excluding hydrogens is 308 g/mol. The summed E-state index contributed by atoms with van der Waals surface area (Å²) in [5.41, 5.74) is 0. The summed E-state index contributed by atoms with van der Waals surface area (Å²) in [5, 5.41) is 19.1. The molecule has 0 radical (unpaired) electrons. The number of likely N-dealkylation sites (N-methyl/N-ethyl adjacent to an activating group) is 1. The number of rotatable bonds is 7. The van der Waals surface area contributed by atoms with Crippen molar-refractivity contribution >= 4 is 32.4 Å². The van der Waals surface area contributed by atoms with Crippen molar-refractivity contribution < 1.29 is 23.1 Å². The molecular formula is C9H16N4O5S2. The first-order valence-corrected chi connectivity index (χ1v) is 7.77. The zero-order valence-corrected chi connectivity index (χ0v) is 12.9. The molecule has 11 heteroatoms. The van der Waals surface area contributed by atoms with E-state index in [2.05, 4.69) is 15.5 Å². The first-order valence-electron chi connectivity index (χ1n) is 5.51. The molecule has 1 aromatic rings. The summed E-state index contributed by atoms with van der Waals surface area (Å²) < 4.78 is 29.7. The van der Waals surface area contributed by atoms with Crippen LogP contribution in [0.25, 0.3) is 0 Å². The SMILES string of the molecule is COCC(O)CN(C)S(=O)(=O)c1nnc(NC(C)=O)s1. The van der Waals surface area contributed by atoms with Gasteiger partial charge in [-0.1, -0.05) is 11.3 Å². The van der Waals surface area contributed by atoms with Gasteiger partial charge in [0.15, 0.2) is 0 Å². The Bertz CT molecular complexity index is 558. The molecule has 1 heterocycles. The molecule has 1 unspecified atom stereocenters. The topological polar surface area (TPSA) is 122 Å². The average Bonchev–Trinajstić information content (AvgIpc) is 2.77. The molecule has 0 fully saturated rings. The molecule has 0 aromatic carbocycles. The van der Waals surface area contributed by atoms with Crippen molar-refractivity contribution in [3.8, 4) is 0 Å². The number of nitrogens with one attached hydrogen (secondary N) is 1. The number of aliphatic hydroxyl groups excluding tert-OH is 1. The molecule has 20 heavy (non-hydrogen) atoms. The maximum atomic E-state index is 12.1. The van der Waals surface area contributed by atoms with E-state index in [-0.39, 0.29) is 28.5 Å². The molecule has 0 saturated carbocycles. The standard InChI is InChI=1S/C9H16N4O5S2/c1-6(14)10-8-11-12-9(19-8)20(16,17)13(2)4-7(15)5-18-3/h7,15H,4-5H2,1-3H3,(H,10,11,14). The second-order valence-corrected chi connectivity index (χ2v) is 7.15. The van der Waals surface area contributed by atoms with E-state index in [0.717, 1.165) is 15.6 Å². The van der Waals surface area contributed by atoms with Crippen LogP contribution in [0.3, 0.4) is 0 Å². The molecule has 1 rings (SSSR count). The number of aromatic nitrogens is 2. The van der Waals surface area contributed by atoms with Gasteiger partial charge in [-0.25, -0.2) is 8.42 Å². The van der Waals surface area contributed by atoms with Crippen molar-refractivity contribution in [2.45, 2.75) is 17.4 Å². The minimum Gasteiger partial charge on any atom is -0.389 e. The van der Waals surface area contributed by atoms with Crippen molar-refractivity contribution in [2.24, 2.45) is 0 Å². The molecule has 0 aliphatic rings. The van der Waals surface area contributed by atoms with Gasteiger partial charge in [0.25, 0.3) is 10.0 Å². The van der Waals surface area contributed by atoms with Crippen LogP contribution in [0.1, 0.15) is 6.92 Å². The Labute approximate surface area is 120 Å². The first kappa shape index (κ1) is 16.9. The summed E-state index contributed by atoms with van der Waals surface area (Å²) >= 11 is 0.740. The molecule has 1 atom stereocenters. The normalized spacial score (nSPS) is 13.4. The number of hydrogen-bond donors (Lipinski definition) is 2. The van der Waals surface area contributed by atoms with Crippen LogP contribution in [0, 0.1) is 0 Å². The molecule has 1 aromatic heterocycles. The van der Waals surface area contributed by atoms with Gasteiger partial charge in [0.2, 0.25) is 15.4 Å². The van der Waals surface area contributed by atoms with E-state index in [1.807, 2.05) is 0 Å². The van der Waals surface area contributed by atoms with Crippen LogP contribution in [0.15, 0.2) is 4.34 Å². The van der Waals surface area contributed by atoms with Crippen LogP contribution >= 0.6 is 11.3 Å². The molecule has 0 saturated heterocycles. The minimum absolute atomic E-state index is 0.0210. The summed E-state index contributed by atoms with van der Waals surface area (Å²) in [7, 11) is -1.14. The summed E-state index contributed by atoms with van der Waals surface area (Å²) in [6, 6.07) is 0. The van der Waals surface area contributed by atoms with E-state index in [1.54, 1.807) is 0 Å². The number of ether oxygens (including phenoxy) is 1. The van der Waals surface area contributed by atoms with Crippen LogP contribution in [-0.4, -0.2) is 67.3 Å². The van der Waals surface area contributed by atoms with Crippen LogP contribution in [-0.2, 0) is 19.6 Å². The fraction of sp³-hybridized carbons (Fsp3) is 0.667. The number of carbonyl (C=O) groups excluding carboxylic acids is 1. The van der Waals surface area contributed by atoms with Gasteiger partial charge in [0.1, 0.15) is 0 Å². The Morgan fingerprint density at radius 1 is 1.55 bits per heavy atom. The van der Waals surface area contributed by atoms with Gasteiger partial charge < -0.3 is 15.2 Å². The Kier molecular flexibility index (Phi) is 5.95. The number of carbonyl (C=O) groups is 1. The second kappa shape index (κ2) is 7.04. The van der Waals surface area contributed by atoms with Gasteiger partial charge >= 0.3 is 0 Å². The predicted molar refractivity (Wildman–Crippen MR) is 71.9 cm³/mol. The highest BCUT2D eigenvalue weighted by Gasteiger charge is 2.27. The number of amides is 1. The lowest BCUT2D eigenvalue weighted by Gasteiger charge is -2.18. The van der Waals surface area contributed by atoms with Gasteiger partial charge in [-0.05, 0) is 0 Å². The summed E-state index contributed by atoms with van der Waals surface area (Å²) in [6.07, 6.45) is -0.942. The third-order valence-corrected chi connectivity index (χ3v) is 5.16. The van der Waals surface area contributed by atoms with Crippen molar-refractivity contribution in [3.05, 3.63) is 0 Å². The quantitative estimate of drug-likeness (QED) is 0.625.